The number of carbonyl (C=O) groups is 3. The smallest absolute Gasteiger partial charge is 0.321 e. The molecule has 5 heteroatoms. The van der Waals surface area contributed by atoms with Crippen molar-refractivity contribution in [2.75, 3.05) is 0 Å². The first-order chi connectivity index (χ1) is 12.6. The van der Waals surface area contributed by atoms with Gasteiger partial charge in [0.2, 0.25) is 5.78 Å². The fourth-order valence-corrected chi connectivity index (χ4v) is 7.92. The van der Waals surface area contributed by atoms with E-state index in [0.29, 0.717) is 12.2 Å². The van der Waals surface area contributed by atoms with E-state index in [2.05, 4.69) is 6.92 Å². The Labute approximate surface area is 159 Å². The van der Waals surface area contributed by atoms with Crippen LogP contribution in [0.5, 0.6) is 0 Å². The largest absolute Gasteiger partial charge is 0.459 e. The summed E-state index contributed by atoms with van der Waals surface area (Å²) in [4.78, 5) is 38.3. The van der Waals surface area contributed by atoms with Crippen molar-refractivity contribution in [3.8, 4) is 0 Å². The van der Waals surface area contributed by atoms with Gasteiger partial charge in [-0.3, -0.25) is 14.4 Å². The van der Waals surface area contributed by atoms with Crippen molar-refractivity contribution in [1.29, 1.82) is 0 Å². The molecule has 0 amide bonds. The van der Waals surface area contributed by atoms with E-state index in [0.717, 1.165) is 44.1 Å². The number of fused-ring (bicyclic) bond motifs is 2. The van der Waals surface area contributed by atoms with Gasteiger partial charge in [-0.15, -0.1) is 0 Å². The molecule has 0 aromatic rings. The lowest BCUT2D eigenvalue weighted by molar-refractivity contribution is -0.160. The fraction of sp³-hybridized carbons (Fsp3) is 0.773. The first-order valence-electron chi connectivity index (χ1n) is 10.3. The normalized spacial score (nSPS) is 50.2. The number of Topliss-reactive ketones (excluding diaryl/α,β-unsaturated/α-hetero) is 1. The predicted octanol–water partition coefficient (Wildman–Crippen LogP) is 3.70. The van der Waals surface area contributed by atoms with Gasteiger partial charge in [-0.05, 0) is 68.8 Å². The van der Waals surface area contributed by atoms with Crippen LogP contribution < -0.4 is 0 Å². The zero-order valence-electron chi connectivity index (χ0n) is 16.6. The third-order valence-corrected chi connectivity index (χ3v) is 8.78. The summed E-state index contributed by atoms with van der Waals surface area (Å²) in [5.74, 6) is 0.190. The zero-order chi connectivity index (χ0) is 19.4. The predicted molar refractivity (Wildman–Crippen MR) is 96.2 cm³/mol. The minimum absolute atomic E-state index is 0.000438. The SMILES string of the molecule is CC(=O)OC1(C)CC23CC1CCC2C1(C)CCCC2(C)C(=O)OC(=C21)C3=O. The summed E-state index contributed by atoms with van der Waals surface area (Å²) in [6, 6.07) is 0. The molecule has 3 fully saturated rings. The van der Waals surface area contributed by atoms with E-state index in [9.17, 15) is 14.4 Å². The summed E-state index contributed by atoms with van der Waals surface area (Å²) < 4.78 is 11.5. The summed E-state index contributed by atoms with van der Waals surface area (Å²) in [7, 11) is 0. The van der Waals surface area contributed by atoms with Gasteiger partial charge in [0, 0.05) is 18.8 Å². The van der Waals surface area contributed by atoms with Gasteiger partial charge >= 0.3 is 11.9 Å². The number of carbonyl (C=O) groups excluding carboxylic acids is 3. The Bertz CT molecular complexity index is 827. The van der Waals surface area contributed by atoms with Gasteiger partial charge in [-0.2, -0.15) is 0 Å². The monoisotopic (exact) mass is 372 g/mol. The average Bonchev–Trinajstić information content (AvgIpc) is 2.96. The standard InChI is InChI=1S/C22H28O5/c1-12(23)27-21(4)11-22-10-13(21)6-7-14(22)19(2)8-5-9-20(3)16(19)15(17(22)24)26-18(20)25/h13-14H,5-11H2,1-4H3. The average molecular weight is 372 g/mol. The molecular weight excluding hydrogens is 344 g/mol. The van der Waals surface area contributed by atoms with Crippen LogP contribution in [-0.4, -0.2) is 23.3 Å². The zero-order valence-corrected chi connectivity index (χ0v) is 16.6. The first-order valence-corrected chi connectivity index (χ1v) is 10.3. The Kier molecular flexibility index (Phi) is 3.13. The minimum Gasteiger partial charge on any atom is -0.459 e. The molecule has 2 bridgehead atoms. The summed E-state index contributed by atoms with van der Waals surface area (Å²) in [6.07, 6.45) is 5.94. The van der Waals surface area contributed by atoms with E-state index in [1.165, 1.54) is 6.92 Å². The third kappa shape index (κ3) is 1.84. The van der Waals surface area contributed by atoms with Gasteiger partial charge in [-0.25, -0.2) is 0 Å². The molecule has 0 N–H and O–H groups in total. The summed E-state index contributed by atoms with van der Waals surface area (Å²) in [6.45, 7) is 7.64. The second-order valence-corrected chi connectivity index (χ2v) is 10.3. The number of allylic oxidation sites excluding steroid dienone is 1. The number of esters is 2. The van der Waals surface area contributed by atoms with Gasteiger partial charge in [0.1, 0.15) is 5.60 Å². The highest BCUT2D eigenvalue weighted by Crippen LogP contribution is 2.73. The number of rotatable bonds is 1. The Hall–Kier alpha value is -1.65. The van der Waals surface area contributed by atoms with Crippen LogP contribution in [0.3, 0.4) is 0 Å². The van der Waals surface area contributed by atoms with E-state index in [-0.39, 0.29) is 35.0 Å². The highest BCUT2D eigenvalue weighted by Gasteiger charge is 2.73. The van der Waals surface area contributed by atoms with Crippen LogP contribution in [0.2, 0.25) is 0 Å². The lowest BCUT2D eigenvalue weighted by Gasteiger charge is -2.56. The lowest BCUT2D eigenvalue weighted by Crippen LogP contribution is -2.55. The van der Waals surface area contributed by atoms with E-state index in [1.54, 1.807) is 0 Å². The van der Waals surface area contributed by atoms with Gasteiger partial charge < -0.3 is 9.47 Å². The van der Waals surface area contributed by atoms with Crippen molar-refractivity contribution in [1.82, 2.24) is 0 Å². The molecule has 5 nitrogen and oxygen atoms in total. The molecule has 0 saturated heterocycles. The van der Waals surface area contributed by atoms with Crippen LogP contribution in [0.15, 0.2) is 11.3 Å². The topological polar surface area (TPSA) is 69.7 Å². The van der Waals surface area contributed by atoms with E-state index in [1.807, 2.05) is 13.8 Å². The number of hydrogen-bond acceptors (Lipinski definition) is 5. The maximum atomic E-state index is 13.8. The maximum absolute atomic E-state index is 13.8. The molecule has 1 heterocycles. The molecule has 5 rings (SSSR count). The Morgan fingerprint density at radius 3 is 2.59 bits per heavy atom. The van der Waals surface area contributed by atoms with Crippen LogP contribution in [-0.2, 0) is 23.9 Å². The van der Waals surface area contributed by atoms with Gasteiger partial charge in [0.25, 0.3) is 0 Å². The molecule has 3 saturated carbocycles. The molecular formula is C22H28O5. The van der Waals surface area contributed by atoms with E-state index >= 15 is 0 Å². The molecule has 0 radical (unpaired) electrons. The summed E-state index contributed by atoms with van der Waals surface area (Å²) in [5, 5.41) is 0. The fourth-order valence-electron chi connectivity index (χ4n) is 7.92. The molecule has 27 heavy (non-hydrogen) atoms. The molecule has 4 aliphatic carbocycles. The molecule has 6 atom stereocenters. The highest BCUT2D eigenvalue weighted by molar-refractivity contribution is 6.07. The van der Waals surface area contributed by atoms with Crippen LogP contribution in [0.25, 0.3) is 0 Å². The van der Waals surface area contributed by atoms with E-state index in [4.69, 9.17) is 9.47 Å². The summed E-state index contributed by atoms with van der Waals surface area (Å²) in [5.41, 5.74) is -1.02. The molecule has 0 aromatic carbocycles. The second kappa shape index (κ2) is 4.84. The maximum Gasteiger partial charge on any atom is 0.321 e. The van der Waals surface area contributed by atoms with Gasteiger partial charge in [0.15, 0.2) is 5.76 Å². The van der Waals surface area contributed by atoms with E-state index < -0.39 is 16.4 Å². The van der Waals surface area contributed by atoms with Crippen molar-refractivity contribution in [3.63, 3.8) is 0 Å². The van der Waals surface area contributed by atoms with Gasteiger partial charge in [0.05, 0.1) is 5.41 Å². The van der Waals surface area contributed by atoms with Crippen LogP contribution >= 0.6 is 0 Å². The van der Waals surface area contributed by atoms with Crippen molar-refractivity contribution >= 4 is 17.7 Å². The molecule has 1 aliphatic heterocycles. The molecule has 146 valence electrons. The van der Waals surface area contributed by atoms with Crippen LogP contribution in [0.4, 0.5) is 0 Å². The number of hydrogen-bond donors (Lipinski definition) is 0. The second-order valence-electron chi connectivity index (χ2n) is 10.3. The van der Waals surface area contributed by atoms with Crippen molar-refractivity contribution in [2.45, 2.75) is 78.2 Å². The Morgan fingerprint density at radius 2 is 1.89 bits per heavy atom. The summed E-state index contributed by atoms with van der Waals surface area (Å²) >= 11 is 0. The molecule has 1 spiro atoms. The van der Waals surface area contributed by atoms with Crippen molar-refractivity contribution < 1.29 is 23.9 Å². The first kappa shape index (κ1) is 17.4. The quantitative estimate of drug-likeness (QED) is 0.656. The van der Waals surface area contributed by atoms with Crippen LogP contribution in [0.1, 0.15) is 72.6 Å². The van der Waals surface area contributed by atoms with Crippen LogP contribution in [0, 0.1) is 28.1 Å². The van der Waals surface area contributed by atoms with Crippen molar-refractivity contribution in [3.05, 3.63) is 11.3 Å². The molecule has 5 aliphatic rings. The number of ketones is 1. The third-order valence-electron chi connectivity index (χ3n) is 8.78. The Morgan fingerprint density at radius 1 is 1.15 bits per heavy atom. The Balaban J connectivity index is 1.68. The minimum atomic E-state index is -0.645. The highest BCUT2D eigenvalue weighted by atomic mass is 16.6. The molecule has 0 aromatic heterocycles. The molecule has 6 unspecified atom stereocenters. The number of ether oxygens (including phenoxy) is 2. The van der Waals surface area contributed by atoms with Crippen molar-refractivity contribution in [2.24, 2.45) is 28.1 Å². The lowest BCUT2D eigenvalue weighted by atomic mass is 9.44. The van der Waals surface area contributed by atoms with Gasteiger partial charge in [-0.1, -0.05) is 13.3 Å².